The average molecular weight is 346 g/mol. The maximum atomic E-state index is 12.3. The summed E-state index contributed by atoms with van der Waals surface area (Å²) >= 11 is 1.52. The Labute approximate surface area is 145 Å². The zero-order valence-electron chi connectivity index (χ0n) is 13.6. The number of hydrogen-bond donors (Lipinski definition) is 3. The van der Waals surface area contributed by atoms with E-state index in [2.05, 4.69) is 10.6 Å². The van der Waals surface area contributed by atoms with E-state index in [4.69, 9.17) is 4.74 Å². The summed E-state index contributed by atoms with van der Waals surface area (Å²) in [7, 11) is 0. The molecule has 0 aliphatic carbocycles. The minimum absolute atomic E-state index is 0.0882. The number of rotatable bonds is 4. The average Bonchev–Trinajstić information content (AvgIpc) is 3.05. The van der Waals surface area contributed by atoms with Crippen LogP contribution in [0.2, 0.25) is 0 Å². The number of ether oxygens (including phenoxy) is 1. The first kappa shape index (κ1) is 16.8. The lowest BCUT2D eigenvalue weighted by molar-refractivity contribution is 0.0597. The number of nitrogens with one attached hydrogen (secondary N) is 2. The van der Waals surface area contributed by atoms with Crippen molar-refractivity contribution in [1.82, 2.24) is 10.6 Å². The van der Waals surface area contributed by atoms with E-state index in [1.165, 1.54) is 11.3 Å². The summed E-state index contributed by atoms with van der Waals surface area (Å²) in [5, 5.41) is 20.0. The second-order valence-corrected chi connectivity index (χ2v) is 6.97. The van der Waals surface area contributed by atoms with Crippen molar-refractivity contribution in [1.29, 1.82) is 0 Å². The van der Waals surface area contributed by atoms with E-state index >= 15 is 0 Å². The van der Waals surface area contributed by atoms with Crippen molar-refractivity contribution in [2.24, 2.45) is 0 Å². The van der Waals surface area contributed by atoms with Gasteiger partial charge in [0.25, 0.3) is 0 Å². The lowest BCUT2D eigenvalue weighted by Gasteiger charge is -2.24. The normalized spacial score (nSPS) is 19.3. The van der Waals surface area contributed by atoms with Gasteiger partial charge in [0.1, 0.15) is 11.4 Å². The van der Waals surface area contributed by atoms with E-state index in [0.717, 1.165) is 29.7 Å². The van der Waals surface area contributed by atoms with Crippen LogP contribution >= 0.6 is 11.3 Å². The van der Waals surface area contributed by atoms with Crippen LogP contribution in [0.25, 0.3) is 0 Å². The van der Waals surface area contributed by atoms with Crippen LogP contribution in [0.3, 0.4) is 0 Å². The van der Waals surface area contributed by atoms with Crippen molar-refractivity contribution in [3.05, 3.63) is 52.2 Å². The molecular formula is C18H22N2O3S. The molecule has 3 N–H and O–H groups in total. The van der Waals surface area contributed by atoms with Gasteiger partial charge in [0.15, 0.2) is 0 Å². The number of carbonyl (C=O) groups is 1. The predicted molar refractivity (Wildman–Crippen MR) is 94.3 cm³/mol. The number of fused-ring (bicyclic) bond motifs is 1. The van der Waals surface area contributed by atoms with Gasteiger partial charge in [-0.3, -0.25) is 0 Å². The smallest absolute Gasteiger partial charge is 0.315 e. The van der Waals surface area contributed by atoms with Crippen LogP contribution in [0.5, 0.6) is 5.75 Å². The Morgan fingerprint density at radius 3 is 3.04 bits per heavy atom. The zero-order valence-corrected chi connectivity index (χ0v) is 14.4. The summed E-state index contributed by atoms with van der Waals surface area (Å²) < 4.78 is 5.71. The van der Waals surface area contributed by atoms with Gasteiger partial charge in [0.05, 0.1) is 19.2 Å². The van der Waals surface area contributed by atoms with Crippen molar-refractivity contribution >= 4 is 17.4 Å². The van der Waals surface area contributed by atoms with Crippen LogP contribution in [-0.4, -0.2) is 24.3 Å². The van der Waals surface area contributed by atoms with E-state index in [-0.39, 0.29) is 18.6 Å². The summed E-state index contributed by atoms with van der Waals surface area (Å²) in [4.78, 5) is 12.3. The maximum Gasteiger partial charge on any atom is 0.315 e. The van der Waals surface area contributed by atoms with Crippen molar-refractivity contribution in [3.63, 3.8) is 0 Å². The van der Waals surface area contributed by atoms with Crippen LogP contribution in [0.4, 0.5) is 4.79 Å². The Kier molecular flexibility index (Phi) is 5.06. The van der Waals surface area contributed by atoms with Gasteiger partial charge in [-0.05, 0) is 48.2 Å². The fourth-order valence-electron chi connectivity index (χ4n) is 2.81. The standard InChI is InChI=1S/C18H22N2O3S/c1-18(22,13-8-10-24-11-13)12-19-17(21)20-15-6-4-9-23-16-7-3-2-5-14(15)16/h2-3,5,7-8,10-11,15,22H,4,6,9,12H2,1H3,(H2,19,20,21)/t15-,18+/m0/s1. The first-order chi connectivity index (χ1) is 11.6. The van der Waals surface area contributed by atoms with Gasteiger partial charge in [-0.25, -0.2) is 4.79 Å². The van der Waals surface area contributed by atoms with Gasteiger partial charge in [0.2, 0.25) is 0 Å². The summed E-state index contributed by atoms with van der Waals surface area (Å²) in [6.45, 7) is 2.51. The number of urea groups is 1. The topological polar surface area (TPSA) is 70.6 Å². The predicted octanol–water partition coefficient (Wildman–Crippen LogP) is 3.17. The Morgan fingerprint density at radius 2 is 2.25 bits per heavy atom. The second-order valence-electron chi connectivity index (χ2n) is 6.19. The number of hydrogen-bond acceptors (Lipinski definition) is 4. The van der Waals surface area contributed by atoms with Gasteiger partial charge in [-0.15, -0.1) is 0 Å². The quantitative estimate of drug-likeness (QED) is 0.796. The third kappa shape index (κ3) is 3.88. The molecule has 5 nitrogen and oxygen atoms in total. The number of carbonyl (C=O) groups excluding carboxylic acids is 1. The van der Waals surface area contributed by atoms with E-state index in [9.17, 15) is 9.90 Å². The largest absolute Gasteiger partial charge is 0.493 e. The molecule has 1 aromatic heterocycles. The Hall–Kier alpha value is -2.05. The molecule has 3 rings (SSSR count). The second kappa shape index (κ2) is 7.23. The molecule has 1 aliphatic heterocycles. The molecule has 0 saturated heterocycles. The van der Waals surface area contributed by atoms with Crippen LogP contribution in [0, 0.1) is 0 Å². The summed E-state index contributed by atoms with van der Waals surface area (Å²) in [5.74, 6) is 0.825. The van der Waals surface area contributed by atoms with Crippen molar-refractivity contribution in [2.45, 2.75) is 31.4 Å². The van der Waals surface area contributed by atoms with Crippen LogP contribution in [0.1, 0.15) is 36.9 Å². The molecule has 2 amide bonds. The first-order valence-corrected chi connectivity index (χ1v) is 9.02. The van der Waals surface area contributed by atoms with Gasteiger partial charge < -0.3 is 20.5 Å². The van der Waals surface area contributed by atoms with E-state index in [0.29, 0.717) is 6.61 Å². The number of aliphatic hydroxyl groups is 1. The third-order valence-corrected chi connectivity index (χ3v) is 4.91. The van der Waals surface area contributed by atoms with Crippen LogP contribution in [0.15, 0.2) is 41.1 Å². The molecule has 24 heavy (non-hydrogen) atoms. The molecule has 0 saturated carbocycles. The Morgan fingerprint density at radius 1 is 1.42 bits per heavy atom. The van der Waals surface area contributed by atoms with Gasteiger partial charge in [0, 0.05) is 5.56 Å². The molecular weight excluding hydrogens is 324 g/mol. The van der Waals surface area contributed by atoms with E-state index in [1.54, 1.807) is 6.92 Å². The molecule has 0 fully saturated rings. The molecule has 0 spiro atoms. The van der Waals surface area contributed by atoms with Crippen molar-refractivity contribution < 1.29 is 14.6 Å². The Balaban J connectivity index is 1.61. The lowest BCUT2D eigenvalue weighted by Crippen LogP contribution is -2.44. The van der Waals surface area contributed by atoms with E-state index in [1.807, 2.05) is 41.1 Å². The highest BCUT2D eigenvalue weighted by atomic mass is 32.1. The highest BCUT2D eigenvalue weighted by Crippen LogP contribution is 2.31. The SMILES string of the molecule is C[C@@](O)(CNC(=O)N[C@H]1CCCOc2ccccc21)c1ccsc1. The number of thiophene rings is 1. The molecule has 128 valence electrons. The summed E-state index contributed by atoms with van der Waals surface area (Å²) in [6.07, 6.45) is 1.71. The number of amides is 2. The fraction of sp³-hybridized carbons (Fsp3) is 0.389. The van der Waals surface area contributed by atoms with Crippen LogP contribution in [-0.2, 0) is 5.60 Å². The molecule has 1 aromatic carbocycles. The maximum absolute atomic E-state index is 12.3. The van der Waals surface area contributed by atoms with Gasteiger partial charge >= 0.3 is 6.03 Å². The zero-order chi connectivity index (χ0) is 17.0. The molecule has 0 radical (unpaired) electrons. The lowest BCUT2D eigenvalue weighted by atomic mass is 9.99. The molecule has 6 heteroatoms. The van der Waals surface area contributed by atoms with Crippen molar-refractivity contribution in [3.8, 4) is 5.75 Å². The molecule has 2 atom stereocenters. The Bertz CT molecular complexity index is 685. The highest BCUT2D eigenvalue weighted by molar-refractivity contribution is 7.08. The fourth-order valence-corrected chi connectivity index (χ4v) is 3.59. The van der Waals surface area contributed by atoms with E-state index < -0.39 is 5.60 Å². The molecule has 1 aliphatic rings. The third-order valence-electron chi connectivity index (χ3n) is 4.23. The minimum atomic E-state index is -1.08. The molecule has 2 aromatic rings. The van der Waals surface area contributed by atoms with Gasteiger partial charge in [-0.2, -0.15) is 11.3 Å². The minimum Gasteiger partial charge on any atom is -0.493 e. The summed E-state index contributed by atoms with van der Waals surface area (Å²) in [5.41, 5.74) is 0.720. The van der Waals surface area contributed by atoms with Crippen molar-refractivity contribution in [2.75, 3.05) is 13.2 Å². The van der Waals surface area contributed by atoms with Gasteiger partial charge in [-0.1, -0.05) is 18.2 Å². The number of para-hydroxylation sites is 1. The number of benzene rings is 1. The first-order valence-electron chi connectivity index (χ1n) is 8.07. The van der Waals surface area contributed by atoms with Crippen LogP contribution < -0.4 is 15.4 Å². The highest BCUT2D eigenvalue weighted by Gasteiger charge is 2.26. The molecule has 0 unspecified atom stereocenters. The summed E-state index contributed by atoms with van der Waals surface area (Å²) in [6, 6.07) is 9.27. The monoisotopic (exact) mass is 346 g/mol. The molecule has 0 bridgehead atoms. The molecule has 2 heterocycles.